The molecule has 0 saturated heterocycles. The van der Waals surface area contributed by atoms with E-state index in [2.05, 4.69) is 11.9 Å². The zero-order valence-electron chi connectivity index (χ0n) is 9.03. The van der Waals surface area contributed by atoms with Crippen molar-refractivity contribution in [3.8, 4) is 0 Å². The molecule has 1 rings (SSSR count). The van der Waals surface area contributed by atoms with Crippen molar-refractivity contribution in [1.29, 1.82) is 0 Å². The number of benzene rings is 1. The molecule has 0 saturated carbocycles. The van der Waals surface area contributed by atoms with E-state index in [1.165, 1.54) is 6.21 Å². The van der Waals surface area contributed by atoms with E-state index in [1.807, 2.05) is 38.1 Å². The molecule has 0 aliphatic heterocycles. The van der Waals surface area contributed by atoms with Crippen LogP contribution in [0.2, 0.25) is 0 Å². The van der Waals surface area contributed by atoms with Gasteiger partial charge in [0.15, 0.2) is 6.29 Å². The lowest BCUT2D eigenvalue weighted by molar-refractivity contribution is -0.102. The van der Waals surface area contributed by atoms with Gasteiger partial charge in [0, 0.05) is 0 Å². The van der Waals surface area contributed by atoms with Crippen LogP contribution in [0.4, 0.5) is 5.69 Å². The van der Waals surface area contributed by atoms with Gasteiger partial charge in [0.2, 0.25) is 0 Å². The van der Waals surface area contributed by atoms with Crippen LogP contribution >= 0.6 is 0 Å². The molecule has 2 heteroatoms. The molecule has 0 N–H and O–H groups in total. The number of carbonyl (C=O) groups is 1. The first kappa shape index (κ1) is 12.6. The van der Waals surface area contributed by atoms with Crippen molar-refractivity contribution in [1.82, 2.24) is 0 Å². The number of nitrogens with zero attached hydrogens (tertiary/aromatic N) is 1. The standard InChI is InChI=1S/C10H11NO.C2H6/c1-2-9-5-3-4-6-10(9)11-7-8-12;1-2/h3-8H,2H2,1H3;1-2H3. The van der Waals surface area contributed by atoms with Crippen molar-refractivity contribution in [3.05, 3.63) is 29.8 Å². The van der Waals surface area contributed by atoms with Crippen LogP contribution in [0.25, 0.3) is 0 Å². The smallest absolute Gasteiger partial charge is 0.161 e. The Hall–Kier alpha value is -1.44. The summed E-state index contributed by atoms with van der Waals surface area (Å²) in [5.74, 6) is 0. The average molecular weight is 191 g/mol. The Bertz CT molecular complexity index is 292. The molecule has 0 heterocycles. The van der Waals surface area contributed by atoms with Gasteiger partial charge in [-0.2, -0.15) is 0 Å². The van der Waals surface area contributed by atoms with E-state index < -0.39 is 0 Å². The summed E-state index contributed by atoms with van der Waals surface area (Å²) in [6, 6.07) is 7.80. The van der Waals surface area contributed by atoms with Gasteiger partial charge >= 0.3 is 0 Å². The molecule has 14 heavy (non-hydrogen) atoms. The third kappa shape index (κ3) is 3.99. The van der Waals surface area contributed by atoms with E-state index >= 15 is 0 Å². The topological polar surface area (TPSA) is 29.4 Å². The Morgan fingerprint density at radius 3 is 2.50 bits per heavy atom. The molecule has 0 fully saturated rings. The third-order valence-electron chi connectivity index (χ3n) is 1.65. The van der Waals surface area contributed by atoms with E-state index in [0.29, 0.717) is 6.29 Å². The Kier molecular flexibility index (Phi) is 7.33. The second-order valence-corrected chi connectivity index (χ2v) is 2.40. The first-order valence-corrected chi connectivity index (χ1v) is 4.94. The number of para-hydroxylation sites is 1. The summed E-state index contributed by atoms with van der Waals surface area (Å²) in [4.78, 5) is 14.0. The Morgan fingerprint density at radius 1 is 1.29 bits per heavy atom. The lowest BCUT2D eigenvalue weighted by Crippen LogP contribution is -1.81. The predicted octanol–water partition coefficient (Wildman–Crippen LogP) is 3.18. The van der Waals surface area contributed by atoms with Crippen molar-refractivity contribution in [2.75, 3.05) is 0 Å². The largest absolute Gasteiger partial charge is 0.297 e. The molecule has 0 radical (unpaired) electrons. The first-order valence-electron chi connectivity index (χ1n) is 4.94. The number of aldehydes is 1. The highest BCUT2D eigenvalue weighted by molar-refractivity contribution is 6.13. The van der Waals surface area contributed by atoms with Crippen LogP contribution in [0.3, 0.4) is 0 Å². The molecule has 0 unspecified atom stereocenters. The first-order chi connectivity index (χ1) is 6.88. The lowest BCUT2D eigenvalue weighted by Gasteiger charge is -1.99. The molecule has 0 amide bonds. The fraction of sp³-hybridized carbons (Fsp3) is 0.333. The van der Waals surface area contributed by atoms with E-state index in [0.717, 1.165) is 17.7 Å². The normalized spacial score (nSPS) is 9.36. The fourth-order valence-corrected chi connectivity index (χ4v) is 1.05. The fourth-order valence-electron chi connectivity index (χ4n) is 1.05. The monoisotopic (exact) mass is 191 g/mol. The molecule has 0 aliphatic carbocycles. The van der Waals surface area contributed by atoms with Crippen LogP contribution in [0.5, 0.6) is 0 Å². The molecule has 0 bridgehead atoms. The maximum Gasteiger partial charge on any atom is 0.161 e. The van der Waals surface area contributed by atoms with Crippen molar-refractivity contribution in [2.24, 2.45) is 4.99 Å². The third-order valence-corrected chi connectivity index (χ3v) is 1.65. The number of aliphatic imine (C=N–C) groups is 1. The predicted molar refractivity (Wildman–Crippen MR) is 61.4 cm³/mol. The minimum Gasteiger partial charge on any atom is -0.297 e. The van der Waals surface area contributed by atoms with Crippen LogP contribution in [0.15, 0.2) is 29.3 Å². The average Bonchev–Trinajstić information content (AvgIpc) is 2.29. The molecule has 1 aromatic carbocycles. The van der Waals surface area contributed by atoms with Crippen LogP contribution < -0.4 is 0 Å². The van der Waals surface area contributed by atoms with Gasteiger partial charge in [-0.25, -0.2) is 0 Å². The summed E-state index contributed by atoms with van der Waals surface area (Å²) in [6.07, 6.45) is 2.90. The second-order valence-electron chi connectivity index (χ2n) is 2.40. The van der Waals surface area contributed by atoms with Crippen molar-refractivity contribution < 1.29 is 4.79 Å². The summed E-state index contributed by atoms with van der Waals surface area (Å²) < 4.78 is 0. The van der Waals surface area contributed by atoms with E-state index in [4.69, 9.17) is 0 Å². The molecular weight excluding hydrogens is 174 g/mol. The number of rotatable bonds is 3. The zero-order valence-corrected chi connectivity index (χ0v) is 9.03. The molecule has 0 atom stereocenters. The Balaban J connectivity index is 0.000000791. The molecule has 76 valence electrons. The van der Waals surface area contributed by atoms with E-state index in [1.54, 1.807) is 0 Å². The lowest BCUT2D eigenvalue weighted by atomic mass is 10.1. The minimum atomic E-state index is 0.687. The number of hydrogen-bond acceptors (Lipinski definition) is 2. The second kappa shape index (κ2) is 8.17. The summed E-state index contributed by atoms with van der Waals surface area (Å²) in [6.45, 7) is 6.06. The maximum absolute atomic E-state index is 10.0. The minimum absolute atomic E-state index is 0.687. The van der Waals surface area contributed by atoms with Gasteiger partial charge in [0.25, 0.3) is 0 Å². The number of carbonyl (C=O) groups excluding carboxylic acids is 1. The summed E-state index contributed by atoms with van der Waals surface area (Å²) in [5, 5.41) is 0. The maximum atomic E-state index is 10.0. The van der Waals surface area contributed by atoms with E-state index in [-0.39, 0.29) is 0 Å². The highest BCUT2D eigenvalue weighted by atomic mass is 16.1. The number of aryl methyl sites for hydroxylation is 1. The van der Waals surface area contributed by atoms with Gasteiger partial charge in [-0.1, -0.05) is 39.0 Å². The van der Waals surface area contributed by atoms with E-state index in [9.17, 15) is 4.79 Å². The quantitative estimate of drug-likeness (QED) is 0.533. The van der Waals surface area contributed by atoms with Gasteiger partial charge < -0.3 is 0 Å². The van der Waals surface area contributed by atoms with Crippen molar-refractivity contribution >= 4 is 18.2 Å². The van der Waals surface area contributed by atoms with Gasteiger partial charge in [-0.15, -0.1) is 0 Å². The van der Waals surface area contributed by atoms with Crippen molar-refractivity contribution in [2.45, 2.75) is 27.2 Å². The van der Waals surface area contributed by atoms with Crippen LogP contribution in [-0.2, 0) is 11.2 Å². The summed E-state index contributed by atoms with van der Waals surface area (Å²) in [5.41, 5.74) is 2.04. The van der Waals surface area contributed by atoms with Crippen molar-refractivity contribution in [3.63, 3.8) is 0 Å². The molecule has 0 spiro atoms. The Morgan fingerprint density at radius 2 is 1.93 bits per heavy atom. The summed E-state index contributed by atoms with van der Waals surface area (Å²) in [7, 11) is 0. The zero-order chi connectivity index (χ0) is 10.8. The van der Waals surface area contributed by atoms with Crippen LogP contribution in [0.1, 0.15) is 26.3 Å². The molecule has 1 aromatic rings. The number of hydrogen-bond donors (Lipinski definition) is 0. The molecular formula is C12H17NO. The molecule has 0 aromatic heterocycles. The van der Waals surface area contributed by atoms with Crippen LogP contribution in [0, 0.1) is 0 Å². The van der Waals surface area contributed by atoms with Gasteiger partial charge in [0.05, 0.1) is 11.9 Å². The van der Waals surface area contributed by atoms with Gasteiger partial charge in [0.1, 0.15) is 0 Å². The SMILES string of the molecule is CC.CCc1ccccc1N=CC=O. The molecule has 0 aliphatic rings. The highest BCUT2D eigenvalue weighted by Gasteiger charge is 1.94. The highest BCUT2D eigenvalue weighted by Crippen LogP contribution is 2.17. The Labute approximate surface area is 85.7 Å². The van der Waals surface area contributed by atoms with Crippen LogP contribution in [-0.4, -0.2) is 12.5 Å². The van der Waals surface area contributed by atoms with Gasteiger partial charge in [-0.3, -0.25) is 9.79 Å². The van der Waals surface area contributed by atoms with Gasteiger partial charge in [-0.05, 0) is 18.1 Å². The molecule has 2 nitrogen and oxygen atoms in total. The summed E-state index contributed by atoms with van der Waals surface area (Å²) >= 11 is 0.